The number of ketones is 2. The number of carbonyl (C=O) groups excluding carboxylic acids is 2. The lowest BCUT2D eigenvalue weighted by Gasteiger charge is -1.80. The van der Waals surface area contributed by atoms with Crippen molar-refractivity contribution in [3.05, 3.63) is 12.2 Å². The molecule has 0 aliphatic carbocycles. The summed E-state index contributed by atoms with van der Waals surface area (Å²) in [6.07, 6.45) is 3.44. The van der Waals surface area contributed by atoms with E-state index in [4.69, 9.17) is 5.11 Å². The third-order valence-corrected chi connectivity index (χ3v) is 1.57. The number of carboxylic acids is 1. The number of carbonyl (C=O) groups is 3. The minimum Gasteiger partial charge on any atom is -0.478 e. The highest BCUT2D eigenvalue weighted by atomic mass is 16.4. The van der Waals surface area contributed by atoms with Crippen molar-refractivity contribution in [2.24, 2.45) is 0 Å². The van der Waals surface area contributed by atoms with Gasteiger partial charge < -0.3 is 14.7 Å². The van der Waals surface area contributed by atoms with Crippen molar-refractivity contribution in [1.29, 1.82) is 0 Å². The summed E-state index contributed by atoms with van der Waals surface area (Å²) in [5.41, 5.74) is 0.176. The van der Waals surface area contributed by atoms with Crippen LogP contribution < -0.4 is 0 Å². The van der Waals surface area contributed by atoms with Gasteiger partial charge >= 0.3 is 5.97 Å². The topological polar surface area (TPSA) is 71.4 Å². The maximum absolute atomic E-state index is 10.0. The Kier molecular flexibility index (Phi) is 18.8. The Balaban J connectivity index is -0.000000187. The Morgan fingerprint density at radius 2 is 1.11 bits per heavy atom. The number of hydrogen-bond acceptors (Lipinski definition) is 3. The van der Waals surface area contributed by atoms with Crippen molar-refractivity contribution < 1.29 is 19.5 Å². The van der Waals surface area contributed by atoms with Crippen molar-refractivity contribution in [1.82, 2.24) is 0 Å². The van der Waals surface area contributed by atoms with Gasteiger partial charge in [-0.3, -0.25) is 0 Å². The fourth-order valence-electron chi connectivity index (χ4n) is 0.704. The lowest BCUT2D eigenvalue weighted by atomic mass is 10.3. The van der Waals surface area contributed by atoms with Crippen molar-refractivity contribution in [2.45, 2.75) is 60.3 Å². The van der Waals surface area contributed by atoms with Gasteiger partial charge in [-0.05, 0) is 33.6 Å². The van der Waals surface area contributed by atoms with Crippen LogP contribution in [0.25, 0.3) is 0 Å². The minimum absolute atomic E-state index is 0.176. The number of Topliss-reactive ketones (excluding diaryl/α,β-unsaturated/α-hetero) is 2. The van der Waals surface area contributed by atoms with Gasteiger partial charge in [0.25, 0.3) is 0 Å². The van der Waals surface area contributed by atoms with E-state index in [-0.39, 0.29) is 17.1 Å². The van der Waals surface area contributed by atoms with Gasteiger partial charge in [0.15, 0.2) is 0 Å². The fourth-order valence-corrected chi connectivity index (χ4v) is 0.704. The van der Waals surface area contributed by atoms with Crippen LogP contribution in [0.1, 0.15) is 60.3 Å². The van der Waals surface area contributed by atoms with Crippen LogP contribution in [0.5, 0.6) is 0 Å². The van der Waals surface area contributed by atoms with Crippen LogP contribution >= 0.6 is 0 Å². The first-order chi connectivity index (χ1) is 8.18. The summed E-state index contributed by atoms with van der Waals surface area (Å²) in [6, 6.07) is 0. The third-order valence-electron chi connectivity index (χ3n) is 1.57. The summed E-state index contributed by atoms with van der Waals surface area (Å²) in [4.78, 5) is 29.7. The predicted octanol–water partition coefficient (Wildman–Crippen LogP) is 3.40. The molecule has 0 aromatic rings. The maximum Gasteiger partial charge on any atom is 0.330 e. The van der Waals surface area contributed by atoms with E-state index in [0.29, 0.717) is 0 Å². The minimum atomic E-state index is -0.935. The normalized spacial score (nSPS) is 8.06. The molecule has 0 aromatic heterocycles. The van der Waals surface area contributed by atoms with E-state index in [0.717, 1.165) is 25.7 Å². The molecule has 18 heavy (non-hydrogen) atoms. The molecule has 0 spiro atoms. The van der Waals surface area contributed by atoms with Crippen LogP contribution in [-0.4, -0.2) is 22.6 Å². The first-order valence-corrected chi connectivity index (χ1v) is 6.06. The highest BCUT2D eigenvalue weighted by Crippen LogP contribution is 1.85. The zero-order valence-corrected chi connectivity index (χ0v) is 12.2. The van der Waals surface area contributed by atoms with Crippen LogP contribution in [-0.2, 0) is 14.4 Å². The maximum atomic E-state index is 10.0. The molecule has 0 unspecified atom stereocenters. The van der Waals surface area contributed by atoms with Crippen molar-refractivity contribution in [3.8, 4) is 0 Å². The molecule has 0 heterocycles. The van der Waals surface area contributed by atoms with Crippen molar-refractivity contribution in [3.63, 3.8) is 0 Å². The molecule has 0 saturated heterocycles. The second-order valence-electron chi connectivity index (χ2n) is 3.99. The monoisotopic (exact) mass is 258 g/mol. The van der Waals surface area contributed by atoms with E-state index >= 15 is 0 Å². The molecular formula is C14H26O4. The molecule has 1 N–H and O–H groups in total. The fraction of sp³-hybridized carbons (Fsp3) is 0.643. The second kappa shape index (κ2) is 15.6. The van der Waals surface area contributed by atoms with Gasteiger partial charge in [-0.15, -0.1) is 0 Å². The van der Waals surface area contributed by atoms with Crippen molar-refractivity contribution in [2.75, 3.05) is 0 Å². The van der Waals surface area contributed by atoms with Gasteiger partial charge in [0.2, 0.25) is 0 Å². The van der Waals surface area contributed by atoms with E-state index in [2.05, 4.69) is 6.58 Å². The molecule has 0 rings (SSSR count). The summed E-state index contributed by atoms with van der Waals surface area (Å²) < 4.78 is 0. The van der Waals surface area contributed by atoms with Gasteiger partial charge in [-0.1, -0.05) is 20.4 Å². The van der Waals surface area contributed by atoms with Crippen molar-refractivity contribution >= 4 is 17.5 Å². The van der Waals surface area contributed by atoms with Crippen LogP contribution in [0, 0.1) is 0 Å². The second-order valence-corrected chi connectivity index (χ2v) is 3.99. The van der Waals surface area contributed by atoms with E-state index in [1.54, 1.807) is 13.8 Å². The Bertz CT molecular complexity index is 239. The summed E-state index contributed by atoms with van der Waals surface area (Å²) in [5.74, 6) is -0.356. The van der Waals surface area contributed by atoms with Gasteiger partial charge in [0.05, 0.1) is 0 Å². The predicted molar refractivity (Wildman–Crippen MR) is 73.6 cm³/mol. The SMILES string of the molecule is C=C(C)C(=O)O.CCCC(C)=O.CCCC(C)=O. The standard InChI is InChI=1S/2C5H10O.C4H6O2/c2*1-3-4-5(2)6;1-3(2)4(5)6/h2*3-4H2,1-2H3;1H2,2H3,(H,5,6). The van der Waals surface area contributed by atoms with Gasteiger partial charge in [0.1, 0.15) is 11.6 Å². The van der Waals surface area contributed by atoms with E-state index in [1.807, 2.05) is 13.8 Å². The molecule has 0 atom stereocenters. The first kappa shape index (κ1) is 21.8. The van der Waals surface area contributed by atoms with Crippen LogP contribution in [0.3, 0.4) is 0 Å². The summed E-state index contributed by atoms with van der Waals surface area (Å²) >= 11 is 0. The first-order valence-electron chi connectivity index (χ1n) is 6.06. The molecule has 0 aliphatic rings. The molecule has 0 aromatic carbocycles. The quantitative estimate of drug-likeness (QED) is 0.767. The molecule has 0 radical (unpaired) electrons. The molecule has 0 bridgehead atoms. The van der Waals surface area contributed by atoms with Gasteiger partial charge in [0, 0.05) is 18.4 Å². The summed E-state index contributed by atoms with van der Waals surface area (Å²) in [6.45, 7) is 11.8. The van der Waals surface area contributed by atoms with Crippen LogP contribution in [0.4, 0.5) is 0 Å². The molecule has 4 nitrogen and oxygen atoms in total. The summed E-state index contributed by atoms with van der Waals surface area (Å²) in [7, 11) is 0. The average Bonchev–Trinajstić information content (AvgIpc) is 2.18. The number of hydrogen-bond donors (Lipinski definition) is 1. The third kappa shape index (κ3) is 36.5. The van der Waals surface area contributed by atoms with Gasteiger partial charge in [-0.25, -0.2) is 4.79 Å². The number of aliphatic carboxylic acids is 1. The lowest BCUT2D eigenvalue weighted by Crippen LogP contribution is -1.92. The Morgan fingerprint density at radius 3 is 1.11 bits per heavy atom. The summed E-state index contributed by atoms with van der Waals surface area (Å²) in [5, 5.41) is 7.89. The van der Waals surface area contributed by atoms with E-state index in [1.165, 1.54) is 6.92 Å². The molecule has 0 fully saturated rings. The number of carboxylic acid groups (broad SMARTS) is 1. The van der Waals surface area contributed by atoms with E-state index in [9.17, 15) is 14.4 Å². The molecule has 0 aliphatic heterocycles. The highest BCUT2D eigenvalue weighted by molar-refractivity contribution is 5.84. The smallest absolute Gasteiger partial charge is 0.330 e. The molecule has 106 valence electrons. The largest absolute Gasteiger partial charge is 0.478 e. The number of rotatable bonds is 5. The van der Waals surface area contributed by atoms with Crippen LogP contribution in [0.15, 0.2) is 12.2 Å². The zero-order chi connectivity index (χ0) is 15.1. The molecular weight excluding hydrogens is 232 g/mol. The highest BCUT2D eigenvalue weighted by Gasteiger charge is 1.90. The average molecular weight is 258 g/mol. The van der Waals surface area contributed by atoms with Crippen LogP contribution in [0.2, 0.25) is 0 Å². The molecule has 4 heteroatoms. The lowest BCUT2D eigenvalue weighted by molar-refractivity contribution is -0.132. The zero-order valence-electron chi connectivity index (χ0n) is 12.2. The Labute approximate surface area is 110 Å². The van der Waals surface area contributed by atoms with Gasteiger partial charge in [-0.2, -0.15) is 0 Å². The van der Waals surface area contributed by atoms with E-state index < -0.39 is 5.97 Å². The Hall–Kier alpha value is -1.45. The Morgan fingerprint density at radius 1 is 0.889 bits per heavy atom. The molecule has 0 saturated carbocycles. The molecule has 0 amide bonds.